The third kappa shape index (κ3) is 4.78. The number of urea groups is 1. The summed E-state index contributed by atoms with van der Waals surface area (Å²) in [5.74, 6) is -0.948. The monoisotopic (exact) mass is 310 g/mol. The molecule has 3 amide bonds. The van der Waals surface area contributed by atoms with Crippen molar-refractivity contribution in [2.24, 2.45) is 0 Å². The number of benzene rings is 1. The van der Waals surface area contributed by atoms with Crippen molar-refractivity contribution in [3.05, 3.63) is 30.1 Å². The van der Waals surface area contributed by atoms with E-state index in [0.717, 1.165) is 4.90 Å². The van der Waals surface area contributed by atoms with Gasteiger partial charge in [0.15, 0.2) is 6.54 Å². The molecule has 6 nitrogen and oxygen atoms in total. The lowest BCUT2D eigenvalue weighted by Crippen LogP contribution is -3.16. The molecule has 2 rings (SSSR count). The molecule has 1 aliphatic rings. The van der Waals surface area contributed by atoms with Gasteiger partial charge < -0.3 is 15.0 Å². The number of rotatable bonds is 3. The number of halogens is 1. The van der Waals surface area contributed by atoms with E-state index in [4.69, 9.17) is 4.74 Å². The van der Waals surface area contributed by atoms with Gasteiger partial charge in [-0.05, 0) is 26.0 Å². The van der Waals surface area contributed by atoms with Crippen LogP contribution in [0.5, 0.6) is 0 Å². The zero-order valence-electron chi connectivity index (χ0n) is 12.7. The molecule has 2 atom stereocenters. The Morgan fingerprint density at radius 2 is 1.91 bits per heavy atom. The fourth-order valence-electron chi connectivity index (χ4n) is 2.65. The molecule has 0 saturated carbocycles. The van der Waals surface area contributed by atoms with Crippen LogP contribution in [0.1, 0.15) is 13.8 Å². The Balaban J connectivity index is 1.81. The van der Waals surface area contributed by atoms with Crippen LogP contribution >= 0.6 is 0 Å². The summed E-state index contributed by atoms with van der Waals surface area (Å²) in [6.07, 6.45) is 0.164. The van der Waals surface area contributed by atoms with Crippen LogP contribution in [0.25, 0.3) is 0 Å². The summed E-state index contributed by atoms with van der Waals surface area (Å²) in [5.41, 5.74) is 0.0359. The van der Waals surface area contributed by atoms with Crippen molar-refractivity contribution in [2.45, 2.75) is 26.1 Å². The van der Waals surface area contributed by atoms with Gasteiger partial charge in [0.25, 0.3) is 5.91 Å². The first-order valence-electron chi connectivity index (χ1n) is 7.28. The maximum atomic E-state index is 13.4. The van der Waals surface area contributed by atoms with Gasteiger partial charge in [-0.2, -0.15) is 0 Å². The number of carbonyl (C=O) groups is 2. The van der Waals surface area contributed by atoms with Gasteiger partial charge in [0, 0.05) is 0 Å². The minimum absolute atomic E-state index is 0.0359. The van der Waals surface area contributed by atoms with Crippen LogP contribution in [0.15, 0.2) is 24.3 Å². The molecule has 7 heteroatoms. The molecule has 0 aliphatic carbocycles. The Morgan fingerprint density at radius 3 is 2.55 bits per heavy atom. The Bertz CT molecular complexity index is 543. The number of hydrogen-bond acceptors (Lipinski definition) is 3. The first kappa shape index (κ1) is 16.4. The highest BCUT2D eigenvalue weighted by molar-refractivity contribution is 6.01. The van der Waals surface area contributed by atoms with Crippen LogP contribution in [0.3, 0.4) is 0 Å². The van der Waals surface area contributed by atoms with Crippen molar-refractivity contribution in [2.75, 3.05) is 25.0 Å². The van der Waals surface area contributed by atoms with Gasteiger partial charge in [-0.15, -0.1) is 0 Å². The predicted molar refractivity (Wildman–Crippen MR) is 79.1 cm³/mol. The van der Waals surface area contributed by atoms with E-state index in [1.165, 1.54) is 18.2 Å². The Kier molecular flexibility index (Phi) is 5.46. The SMILES string of the molecule is C[C@H]1C[NH+](CC(=O)NC(=O)Nc2ccccc2F)C[C@H](C)O1. The second-order valence-electron chi connectivity index (χ2n) is 5.57. The average Bonchev–Trinajstić information content (AvgIpc) is 2.39. The maximum Gasteiger partial charge on any atom is 0.326 e. The fourth-order valence-corrected chi connectivity index (χ4v) is 2.65. The van der Waals surface area contributed by atoms with Crippen LogP contribution in [0.2, 0.25) is 0 Å². The topological polar surface area (TPSA) is 71.9 Å². The summed E-state index contributed by atoms with van der Waals surface area (Å²) in [7, 11) is 0. The van der Waals surface area contributed by atoms with E-state index >= 15 is 0 Å². The number of hydrogen-bond donors (Lipinski definition) is 3. The molecule has 1 aliphatic heterocycles. The molecule has 1 fully saturated rings. The molecule has 0 bridgehead atoms. The van der Waals surface area contributed by atoms with Gasteiger partial charge in [0.2, 0.25) is 0 Å². The number of morpholine rings is 1. The van der Waals surface area contributed by atoms with Crippen molar-refractivity contribution in [1.29, 1.82) is 0 Å². The van der Waals surface area contributed by atoms with E-state index < -0.39 is 17.8 Å². The molecular formula is C15H21FN3O3+. The summed E-state index contributed by atoms with van der Waals surface area (Å²) in [5, 5.41) is 4.53. The van der Waals surface area contributed by atoms with Crippen LogP contribution in [0, 0.1) is 5.82 Å². The third-order valence-corrected chi connectivity index (χ3v) is 3.40. The van der Waals surface area contributed by atoms with Gasteiger partial charge >= 0.3 is 6.03 Å². The normalized spacial score (nSPS) is 24.6. The van der Waals surface area contributed by atoms with Crippen LogP contribution in [0.4, 0.5) is 14.9 Å². The van der Waals surface area contributed by atoms with E-state index in [0.29, 0.717) is 13.1 Å². The van der Waals surface area contributed by atoms with Crippen LogP contribution in [-0.2, 0) is 9.53 Å². The minimum Gasteiger partial charge on any atom is -0.364 e. The second kappa shape index (κ2) is 7.33. The average molecular weight is 310 g/mol. The first-order chi connectivity index (χ1) is 10.4. The Morgan fingerprint density at radius 1 is 1.27 bits per heavy atom. The molecule has 22 heavy (non-hydrogen) atoms. The Labute approximate surface area is 128 Å². The zero-order valence-corrected chi connectivity index (χ0v) is 12.7. The number of ether oxygens (including phenoxy) is 1. The lowest BCUT2D eigenvalue weighted by Gasteiger charge is -2.31. The Hall–Kier alpha value is -1.99. The first-order valence-corrected chi connectivity index (χ1v) is 7.28. The molecule has 120 valence electrons. The predicted octanol–water partition coefficient (Wildman–Crippen LogP) is 0.166. The van der Waals surface area contributed by atoms with E-state index in [-0.39, 0.29) is 24.4 Å². The van der Waals surface area contributed by atoms with Crippen LogP contribution in [-0.4, -0.2) is 43.8 Å². The molecule has 1 aromatic rings. The highest BCUT2D eigenvalue weighted by Gasteiger charge is 2.27. The van der Waals surface area contributed by atoms with Crippen LogP contribution < -0.4 is 15.5 Å². The maximum absolute atomic E-state index is 13.4. The number of carbonyl (C=O) groups excluding carboxylic acids is 2. The lowest BCUT2D eigenvalue weighted by atomic mass is 10.2. The standard InChI is InChI=1S/C15H20FN3O3/c1-10-7-19(8-11(2)22-10)9-14(20)18-15(21)17-13-6-4-3-5-12(13)16/h3-6,10-11H,7-9H2,1-2H3,(H2,17,18,20,21)/p+1/t10-,11-/m0/s1. The molecule has 3 N–H and O–H groups in total. The van der Waals surface area contributed by atoms with Crippen molar-refractivity contribution in [1.82, 2.24) is 5.32 Å². The lowest BCUT2D eigenvalue weighted by molar-refractivity contribution is -0.907. The summed E-state index contributed by atoms with van der Waals surface area (Å²) in [4.78, 5) is 24.6. The smallest absolute Gasteiger partial charge is 0.326 e. The largest absolute Gasteiger partial charge is 0.364 e. The summed E-state index contributed by atoms with van der Waals surface area (Å²) < 4.78 is 19.0. The third-order valence-electron chi connectivity index (χ3n) is 3.40. The summed E-state index contributed by atoms with van der Waals surface area (Å²) in [6.45, 7) is 5.53. The van der Waals surface area contributed by atoms with E-state index in [1.807, 2.05) is 13.8 Å². The minimum atomic E-state index is -0.733. The molecule has 0 unspecified atom stereocenters. The zero-order chi connectivity index (χ0) is 16.1. The van der Waals surface area contributed by atoms with Gasteiger partial charge in [-0.25, -0.2) is 9.18 Å². The number of amides is 3. The number of para-hydroxylation sites is 1. The van der Waals surface area contributed by atoms with Crippen molar-refractivity contribution >= 4 is 17.6 Å². The van der Waals surface area contributed by atoms with Gasteiger partial charge in [-0.1, -0.05) is 12.1 Å². The molecule has 1 aromatic carbocycles. The molecule has 1 saturated heterocycles. The van der Waals surface area contributed by atoms with E-state index in [2.05, 4.69) is 10.6 Å². The van der Waals surface area contributed by atoms with Gasteiger partial charge in [0.05, 0.1) is 5.69 Å². The number of anilines is 1. The molecule has 0 radical (unpaired) electrons. The number of quaternary nitrogens is 1. The quantitative estimate of drug-likeness (QED) is 0.745. The van der Waals surface area contributed by atoms with E-state index in [9.17, 15) is 14.0 Å². The molecule has 0 aromatic heterocycles. The molecule has 0 spiro atoms. The van der Waals surface area contributed by atoms with Crippen molar-refractivity contribution < 1.29 is 23.6 Å². The second-order valence-corrected chi connectivity index (χ2v) is 5.57. The van der Waals surface area contributed by atoms with Gasteiger partial charge in [-0.3, -0.25) is 10.1 Å². The number of nitrogens with one attached hydrogen (secondary N) is 3. The highest BCUT2D eigenvalue weighted by Crippen LogP contribution is 2.11. The fraction of sp³-hybridized carbons (Fsp3) is 0.467. The van der Waals surface area contributed by atoms with Crippen molar-refractivity contribution in [3.8, 4) is 0 Å². The number of imide groups is 1. The summed E-state index contributed by atoms with van der Waals surface area (Å²) in [6, 6.07) is 5.05. The molecule has 1 heterocycles. The highest BCUT2D eigenvalue weighted by atomic mass is 19.1. The van der Waals surface area contributed by atoms with E-state index in [1.54, 1.807) is 6.07 Å². The molecular weight excluding hydrogens is 289 g/mol. The van der Waals surface area contributed by atoms with Crippen molar-refractivity contribution in [3.63, 3.8) is 0 Å². The van der Waals surface area contributed by atoms with Gasteiger partial charge in [0.1, 0.15) is 31.1 Å². The summed E-state index contributed by atoms with van der Waals surface area (Å²) >= 11 is 0.